The molecular weight excluding hydrogens is 288 g/mol. The molecule has 0 aromatic rings. The van der Waals surface area contributed by atoms with Crippen LogP contribution in [0.15, 0.2) is 0 Å². The predicted molar refractivity (Wildman–Crippen MR) is 85.5 cm³/mol. The molecule has 0 radical (unpaired) electrons. The summed E-state index contributed by atoms with van der Waals surface area (Å²) < 4.78 is 0. The molecule has 130 valence electrons. The summed E-state index contributed by atoms with van der Waals surface area (Å²) in [5.74, 6) is 0. The molecule has 0 spiro atoms. The molecule has 2 atom stereocenters. The second-order valence-electron chi connectivity index (χ2n) is 5.46. The monoisotopic (exact) mass is 318 g/mol. The van der Waals surface area contributed by atoms with Gasteiger partial charge in [0.25, 0.3) is 0 Å². The lowest BCUT2D eigenvalue weighted by Crippen LogP contribution is -2.33. The maximum atomic E-state index is 10.3. The van der Waals surface area contributed by atoms with E-state index in [-0.39, 0.29) is 0 Å². The first-order chi connectivity index (χ1) is 10.4. The number of hydrogen-bond acceptors (Lipinski definition) is 4. The molecule has 8 nitrogen and oxygen atoms in total. The van der Waals surface area contributed by atoms with Gasteiger partial charge in [-0.25, -0.2) is 9.59 Å². The Morgan fingerprint density at radius 1 is 0.773 bits per heavy atom. The fourth-order valence-electron chi connectivity index (χ4n) is 1.94. The van der Waals surface area contributed by atoms with Crippen LogP contribution in [0, 0.1) is 0 Å². The third-order valence-electron chi connectivity index (χ3n) is 3.30. The molecular formula is C14H30N4O4. The molecule has 8 heteroatoms. The van der Waals surface area contributed by atoms with Gasteiger partial charge in [0, 0.05) is 25.2 Å². The van der Waals surface area contributed by atoms with Crippen LogP contribution in [-0.2, 0) is 0 Å². The van der Waals surface area contributed by atoms with Crippen molar-refractivity contribution in [2.45, 2.75) is 51.6 Å². The molecule has 2 amide bonds. The minimum Gasteiger partial charge on any atom is -0.465 e. The van der Waals surface area contributed by atoms with E-state index in [0.29, 0.717) is 25.2 Å². The number of unbranched alkanes of at least 4 members (excludes halogenated alkanes) is 1. The van der Waals surface area contributed by atoms with Gasteiger partial charge in [0.1, 0.15) is 0 Å². The standard InChI is InChI=1S/C14H30N4O4/c1-11(5-9-17-13(19)20)15-7-3-4-8-16-12(2)6-10-18-14(21)22/h11-12,15-18H,3-10H2,1-2H3,(H,19,20)(H,21,22). The summed E-state index contributed by atoms with van der Waals surface area (Å²) in [4.78, 5) is 20.6. The number of amides is 2. The normalized spacial score (nSPS) is 13.4. The van der Waals surface area contributed by atoms with Crippen molar-refractivity contribution in [1.29, 1.82) is 0 Å². The number of rotatable bonds is 13. The van der Waals surface area contributed by atoms with Crippen molar-refractivity contribution >= 4 is 12.2 Å². The van der Waals surface area contributed by atoms with Gasteiger partial charge in [0.2, 0.25) is 0 Å². The maximum absolute atomic E-state index is 10.3. The molecule has 0 aliphatic carbocycles. The van der Waals surface area contributed by atoms with Crippen LogP contribution in [0.2, 0.25) is 0 Å². The van der Waals surface area contributed by atoms with E-state index in [0.717, 1.165) is 38.8 Å². The van der Waals surface area contributed by atoms with Crippen LogP contribution < -0.4 is 21.3 Å². The van der Waals surface area contributed by atoms with E-state index in [1.807, 2.05) is 13.8 Å². The van der Waals surface area contributed by atoms with Gasteiger partial charge in [0.15, 0.2) is 0 Å². The average molecular weight is 318 g/mol. The van der Waals surface area contributed by atoms with E-state index >= 15 is 0 Å². The summed E-state index contributed by atoms with van der Waals surface area (Å²) in [6.07, 6.45) is 1.68. The van der Waals surface area contributed by atoms with Crippen molar-refractivity contribution in [3.63, 3.8) is 0 Å². The highest BCUT2D eigenvalue weighted by molar-refractivity contribution is 5.64. The van der Waals surface area contributed by atoms with Crippen LogP contribution in [0.4, 0.5) is 9.59 Å². The van der Waals surface area contributed by atoms with Gasteiger partial charge in [-0.15, -0.1) is 0 Å². The molecule has 0 aliphatic heterocycles. The lowest BCUT2D eigenvalue weighted by molar-refractivity contribution is 0.192. The summed E-state index contributed by atoms with van der Waals surface area (Å²) >= 11 is 0. The fourth-order valence-corrected chi connectivity index (χ4v) is 1.94. The Bertz CT molecular complexity index is 285. The average Bonchev–Trinajstić information content (AvgIpc) is 2.41. The highest BCUT2D eigenvalue weighted by Crippen LogP contribution is 1.93. The van der Waals surface area contributed by atoms with E-state index in [1.54, 1.807) is 0 Å². The summed E-state index contributed by atoms with van der Waals surface area (Å²) in [5, 5.41) is 28.3. The molecule has 0 bridgehead atoms. The van der Waals surface area contributed by atoms with Crippen LogP contribution in [-0.4, -0.2) is 60.7 Å². The second-order valence-corrected chi connectivity index (χ2v) is 5.46. The zero-order valence-electron chi connectivity index (χ0n) is 13.5. The molecule has 22 heavy (non-hydrogen) atoms. The molecule has 0 saturated heterocycles. The molecule has 0 rings (SSSR count). The van der Waals surface area contributed by atoms with Crippen molar-refractivity contribution in [2.75, 3.05) is 26.2 Å². The minimum absolute atomic E-state index is 0.292. The van der Waals surface area contributed by atoms with Crippen LogP contribution in [0.5, 0.6) is 0 Å². The van der Waals surface area contributed by atoms with Crippen LogP contribution in [0.1, 0.15) is 39.5 Å². The molecule has 0 aromatic carbocycles. The predicted octanol–water partition coefficient (Wildman–Crippen LogP) is 1.04. The lowest BCUT2D eigenvalue weighted by Gasteiger charge is -2.15. The maximum Gasteiger partial charge on any atom is 0.404 e. The Balaban J connectivity index is 3.34. The molecule has 0 fully saturated rings. The second kappa shape index (κ2) is 13.1. The van der Waals surface area contributed by atoms with E-state index in [4.69, 9.17) is 10.2 Å². The van der Waals surface area contributed by atoms with Gasteiger partial charge in [0.05, 0.1) is 0 Å². The number of carbonyl (C=O) groups is 2. The summed E-state index contributed by atoms with van der Waals surface area (Å²) in [6.45, 7) is 6.83. The first-order valence-corrected chi connectivity index (χ1v) is 7.82. The first-order valence-electron chi connectivity index (χ1n) is 7.82. The number of carboxylic acid groups (broad SMARTS) is 2. The smallest absolute Gasteiger partial charge is 0.404 e. The SMILES string of the molecule is CC(CCNC(=O)O)NCCCCNC(C)CCNC(=O)O. The third-order valence-corrected chi connectivity index (χ3v) is 3.30. The zero-order chi connectivity index (χ0) is 16.8. The van der Waals surface area contributed by atoms with Crippen LogP contribution >= 0.6 is 0 Å². The Kier molecular flexibility index (Phi) is 12.2. The van der Waals surface area contributed by atoms with E-state index < -0.39 is 12.2 Å². The van der Waals surface area contributed by atoms with Crippen LogP contribution in [0.3, 0.4) is 0 Å². The summed E-state index contributed by atoms with van der Waals surface area (Å²) in [7, 11) is 0. The molecule has 0 aromatic heterocycles. The molecule has 0 saturated carbocycles. The number of nitrogens with one attached hydrogen (secondary N) is 4. The molecule has 0 aliphatic rings. The van der Waals surface area contributed by atoms with Crippen LogP contribution in [0.25, 0.3) is 0 Å². The highest BCUT2D eigenvalue weighted by atomic mass is 16.4. The Morgan fingerprint density at radius 3 is 1.45 bits per heavy atom. The molecule has 2 unspecified atom stereocenters. The summed E-state index contributed by atoms with van der Waals surface area (Å²) in [6, 6.07) is 0.585. The van der Waals surface area contributed by atoms with E-state index in [1.165, 1.54) is 0 Å². The van der Waals surface area contributed by atoms with Crippen molar-refractivity contribution in [3.05, 3.63) is 0 Å². The van der Waals surface area contributed by atoms with E-state index in [2.05, 4.69) is 21.3 Å². The van der Waals surface area contributed by atoms with Gasteiger partial charge in [-0.1, -0.05) is 0 Å². The van der Waals surface area contributed by atoms with Gasteiger partial charge >= 0.3 is 12.2 Å². The molecule has 6 N–H and O–H groups in total. The van der Waals surface area contributed by atoms with Crippen molar-refractivity contribution < 1.29 is 19.8 Å². The Morgan fingerprint density at radius 2 is 1.14 bits per heavy atom. The largest absolute Gasteiger partial charge is 0.465 e. The van der Waals surface area contributed by atoms with Crippen molar-refractivity contribution in [1.82, 2.24) is 21.3 Å². The first kappa shape index (κ1) is 20.5. The minimum atomic E-state index is -0.981. The summed E-state index contributed by atoms with van der Waals surface area (Å²) in [5.41, 5.74) is 0. The van der Waals surface area contributed by atoms with Gasteiger partial charge in [-0.05, 0) is 52.6 Å². The molecule has 0 heterocycles. The Labute approximate surface area is 132 Å². The van der Waals surface area contributed by atoms with Gasteiger partial charge in [-0.3, -0.25) is 0 Å². The Hall–Kier alpha value is -1.54. The van der Waals surface area contributed by atoms with Crippen molar-refractivity contribution in [3.8, 4) is 0 Å². The van der Waals surface area contributed by atoms with Gasteiger partial charge in [-0.2, -0.15) is 0 Å². The number of hydrogen-bond donors (Lipinski definition) is 6. The zero-order valence-corrected chi connectivity index (χ0v) is 13.5. The third kappa shape index (κ3) is 14.9. The highest BCUT2D eigenvalue weighted by Gasteiger charge is 2.03. The fraction of sp³-hybridized carbons (Fsp3) is 0.857. The van der Waals surface area contributed by atoms with E-state index in [9.17, 15) is 9.59 Å². The lowest BCUT2D eigenvalue weighted by atomic mass is 10.2. The topological polar surface area (TPSA) is 123 Å². The quantitative estimate of drug-likeness (QED) is 0.282. The van der Waals surface area contributed by atoms with Crippen molar-refractivity contribution in [2.24, 2.45) is 0 Å². The van der Waals surface area contributed by atoms with Gasteiger partial charge < -0.3 is 31.5 Å².